The average molecular weight is 404 g/mol. The SMILES string of the molecule is CCO[Si](CCCc1cccc2c1NC(=S)S2=S)(OCC)OCC. The first-order chi connectivity index (χ1) is 11.6. The summed E-state index contributed by atoms with van der Waals surface area (Å²) in [5.74, 6) is 0. The summed E-state index contributed by atoms with van der Waals surface area (Å²) >= 11 is 10.8. The van der Waals surface area contributed by atoms with E-state index in [0.29, 0.717) is 19.8 Å². The average Bonchev–Trinajstić information content (AvgIpc) is 2.84. The Balaban J connectivity index is 2.05. The summed E-state index contributed by atoms with van der Waals surface area (Å²) in [6.07, 6.45) is 1.87. The highest BCUT2D eigenvalue weighted by atomic mass is 32.8. The number of anilines is 1. The van der Waals surface area contributed by atoms with Crippen LogP contribution in [0.5, 0.6) is 0 Å². The molecule has 0 amide bonds. The van der Waals surface area contributed by atoms with E-state index >= 15 is 0 Å². The zero-order valence-electron chi connectivity index (χ0n) is 14.4. The number of fused-ring (bicyclic) bond motifs is 1. The minimum atomic E-state index is -2.57. The highest BCUT2D eigenvalue weighted by molar-refractivity contribution is 8.42. The van der Waals surface area contributed by atoms with E-state index in [2.05, 4.69) is 23.5 Å². The number of hydrogen-bond acceptors (Lipinski definition) is 5. The summed E-state index contributed by atoms with van der Waals surface area (Å²) < 4.78 is 18.5. The molecule has 1 atom stereocenters. The molecule has 1 aromatic carbocycles. The van der Waals surface area contributed by atoms with Crippen molar-refractivity contribution in [3.8, 4) is 0 Å². The van der Waals surface area contributed by atoms with Crippen LogP contribution in [0.4, 0.5) is 5.69 Å². The van der Waals surface area contributed by atoms with Gasteiger partial charge in [-0.05, 0) is 65.9 Å². The first-order valence-corrected chi connectivity index (χ1v) is 12.8. The largest absolute Gasteiger partial charge is 0.500 e. The number of nitrogens with one attached hydrogen (secondary N) is 1. The van der Waals surface area contributed by atoms with Crippen molar-refractivity contribution < 1.29 is 13.3 Å². The fourth-order valence-electron chi connectivity index (χ4n) is 2.83. The molecule has 2 rings (SSSR count). The van der Waals surface area contributed by atoms with E-state index < -0.39 is 18.3 Å². The zero-order chi connectivity index (χ0) is 17.6. The third kappa shape index (κ3) is 4.69. The summed E-state index contributed by atoms with van der Waals surface area (Å²) in [6, 6.07) is 7.09. The first-order valence-electron chi connectivity index (χ1n) is 8.33. The molecule has 1 N–H and O–H groups in total. The number of para-hydroxylation sites is 1. The lowest BCUT2D eigenvalue weighted by Gasteiger charge is -2.28. The van der Waals surface area contributed by atoms with Crippen LogP contribution >= 0.6 is 12.2 Å². The molecule has 0 spiro atoms. The van der Waals surface area contributed by atoms with E-state index in [1.54, 1.807) is 0 Å². The van der Waals surface area contributed by atoms with E-state index in [4.69, 9.17) is 36.7 Å². The zero-order valence-corrected chi connectivity index (χ0v) is 17.9. The fourth-order valence-corrected chi connectivity index (χ4v) is 7.32. The summed E-state index contributed by atoms with van der Waals surface area (Å²) in [5, 5.41) is 3.30. The quantitative estimate of drug-likeness (QED) is 0.364. The molecule has 1 unspecified atom stereocenters. The van der Waals surface area contributed by atoms with Crippen molar-refractivity contribution in [3.63, 3.8) is 0 Å². The Morgan fingerprint density at radius 3 is 2.29 bits per heavy atom. The van der Waals surface area contributed by atoms with Crippen LogP contribution in [0.25, 0.3) is 0 Å². The molecule has 24 heavy (non-hydrogen) atoms. The summed E-state index contributed by atoms with van der Waals surface area (Å²) in [7, 11) is -2.96. The van der Waals surface area contributed by atoms with Gasteiger partial charge in [0.1, 0.15) is 4.32 Å². The molecule has 4 nitrogen and oxygen atoms in total. The van der Waals surface area contributed by atoms with E-state index in [-0.39, 0.29) is 0 Å². The van der Waals surface area contributed by atoms with E-state index in [9.17, 15) is 0 Å². The van der Waals surface area contributed by atoms with Gasteiger partial charge in [-0.1, -0.05) is 24.4 Å². The number of aryl methyl sites for hydroxylation is 1. The Morgan fingerprint density at radius 2 is 1.71 bits per heavy atom. The van der Waals surface area contributed by atoms with E-state index in [1.165, 1.54) is 5.56 Å². The summed E-state index contributed by atoms with van der Waals surface area (Å²) in [4.78, 5) is 1.15. The Labute approximate surface area is 158 Å². The number of thiocarbonyl (C=S) groups is 1. The normalized spacial score (nSPS) is 17.0. The van der Waals surface area contributed by atoms with Crippen LogP contribution in [-0.4, -0.2) is 32.9 Å². The second-order valence-electron chi connectivity index (χ2n) is 5.31. The van der Waals surface area contributed by atoms with Crippen molar-refractivity contribution in [1.82, 2.24) is 0 Å². The topological polar surface area (TPSA) is 39.7 Å². The van der Waals surface area contributed by atoms with Gasteiger partial charge in [-0.2, -0.15) is 0 Å². The molecule has 8 heteroatoms. The number of hydrogen-bond donors (Lipinski definition) is 1. The van der Waals surface area contributed by atoms with Crippen molar-refractivity contribution in [1.29, 1.82) is 0 Å². The van der Waals surface area contributed by atoms with Gasteiger partial charge in [0, 0.05) is 30.8 Å². The molecule has 1 aliphatic heterocycles. The monoisotopic (exact) mass is 403 g/mol. The molecule has 1 heterocycles. The number of benzene rings is 1. The minimum Gasteiger partial charge on any atom is -0.374 e. The molecule has 134 valence electrons. The van der Waals surface area contributed by atoms with Gasteiger partial charge in [0.05, 0.1) is 5.69 Å². The van der Waals surface area contributed by atoms with E-state index in [0.717, 1.165) is 33.8 Å². The highest BCUT2D eigenvalue weighted by Gasteiger charge is 2.39. The molecule has 1 aromatic rings. The van der Waals surface area contributed by atoms with Gasteiger partial charge in [0.15, 0.2) is 0 Å². The van der Waals surface area contributed by atoms with Gasteiger partial charge >= 0.3 is 8.80 Å². The van der Waals surface area contributed by atoms with Crippen LogP contribution in [0.1, 0.15) is 32.8 Å². The van der Waals surface area contributed by atoms with E-state index in [1.807, 2.05) is 20.8 Å². The first kappa shape index (κ1) is 20.1. The smallest absolute Gasteiger partial charge is 0.374 e. The Morgan fingerprint density at radius 1 is 1.08 bits per heavy atom. The number of rotatable bonds is 10. The predicted octanol–water partition coefficient (Wildman–Crippen LogP) is 3.82. The van der Waals surface area contributed by atoms with Crippen LogP contribution in [0.3, 0.4) is 0 Å². The fraction of sp³-hybridized carbons (Fsp3) is 0.562. The molecule has 0 aliphatic carbocycles. The van der Waals surface area contributed by atoms with Crippen molar-refractivity contribution >= 4 is 51.7 Å². The molecule has 0 aromatic heterocycles. The Hall–Kier alpha value is -0.223. The van der Waals surface area contributed by atoms with Crippen LogP contribution in [0, 0.1) is 0 Å². The third-order valence-electron chi connectivity index (χ3n) is 3.73. The molecule has 0 saturated carbocycles. The van der Waals surface area contributed by atoms with Crippen molar-refractivity contribution in [3.05, 3.63) is 23.8 Å². The lowest BCUT2D eigenvalue weighted by atomic mass is 10.1. The lowest BCUT2D eigenvalue weighted by Crippen LogP contribution is -2.46. The predicted molar refractivity (Wildman–Crippen MR) is 109 cm³/mol. The highest BCUT2D eigenvalue weighted by Crippen LogP contribution is 2.32. The van der Waals surface area contributed by atoms with Gasteiger partial charge in [-0.15, -0.1) is 0 Å². The van der Waals surface area contributed by atoms with Gasteiger partial charge in [-0.3, -0.25) is 0 Å². The molecule has 1 aliphatic rings. The van der Waals surface area contributed by atoms with Crippen LogP contribution in [0.2, 0.25) is 6.04 Å². The minimum absolute atomic E-state index is 0.396. The second kappa shape index (κ2) is 9.47. The Bertz CT molecular complexity index is 595. The maximum absolute atomic E-state index is 5.92. The van der Waals surface area contributed by atoms with Gasteiger partial charge in [0.2, 0.25) is 0 Å². The van der Waals surface area contributed by atoms with Gasteiger partial charge < -0.3 is 18.6 Å². The van der Waals surface area contributed by atoms with Crippen molar-refractivity contribution in [2.45, 2.75) is 44.6 Å². The van der Waals surface area contributed by atoms with Crippen LogP contribution in [-0.2, 0) is 40.3 Å². The van der Waals surface area contributed by atoms with Crippen molar-refractivity contribution in [2.75, 3.05) is 25.1 Å². The standard InChI is InChI=1S/C16H25NO3S3Si/c1-4-18-24(19-5-2,20-6-3)12-8-10-13-9-7-11-14-15(13)17-16(21)23(14)22/h7,9,11H,4-6,8,10,12H2,1-3H3,(H,17,21). The van der Waals surface area contributed by atoms with Crippen molar-refractivity contribution in [2.24, 2.45) is 0 Å². The molecule has 0 fully saturated rings. The molecular formula is C16H25NO3S3Si. The van der Waals surface area contributed by atoms with Crippen LogP contribution < -0.4 is 5.32 Å². The molecule has 0 radical (unpaired) electrons. The van der Waals surface area contributed by atoms with Crippen LogP contribution in [0.15, 0.2) is 23.1 Å². The maximum atomic E-state index is 5.92. The van der Waals surface area contributed by atoms with Gasteiger partial charge in [0.25, 0.3) is 0 Å². The summed E-state index contributed by atoms with van der Waals surface area (Å²) in [6.45, 7) is 7.79. The Kier molecular flexibility index (Phi) is 7.93. The maximum Gasteiger partial charge on any atom is 0.500 e. The molecule has 0 bridgehead atoms. The summed E-state index contributed by atoms with van der Waals surface area (Å²) in [5.41, 5.74) is 2.36. The third-order valence-corrected chi connectivity index (χ3v) is 10.0. The lowest BCUT2D eigenvalue weighted by molar-refractivity contribution is 0.0708. The molecular weight excluding hydrogens is 378 g/mol. The molecule has 0 saturated heterocycles. The van der Waals surface area contributed by atoms with Gasteiger partial charge in [-0.25, -0.2) is 0 Å². The second-order valence-corrected chi connectivity index (χ2v) is 11.1.